The highest BCUT2D eigenvalue weighted by Crippen LogP contribution is 2.23. The molecule has 0 amide bonds. The Labute approximate surface area is 152 Å². The predicted octanol–water partition coefficient (Wildman–Crippen LogP) is 2.72. The van der Waals surface area contributed by atoms with Crippen molar-refractivity contribution in [2.45, 2.75) is 24.2 Å². The maximum Gasteiger partial charge on any atom is 0.289 e. The molecule has 0 spiro atoms. The Kier molecular flexibility index (Phi) is 5.53. The second kappa shape index (κ2) is 7.84. The highest BCUT2D eigenvalue weighted by molar-refractivity contribution is 7.89. The van der Waals surface area contributed by atoms with Crippen LogP contribution in [0.2, 0.25) is 0 Å². The van der Waals surface area contributed by atoms with Crippen LogP contribution in [-0.2, 0) is 16.4 Å². The lowest BCUT2D eigenvalue weighted by Gasteiger charge is -2.17. The Morgan fingerprint density at radius 3 is 2.35 bits per heavy atom. The average molecular weight is 375 g/mol. The van der Waals surface area contributed by atoms with E-state index in [4.69, 9.17) is 0 Å². The van der Waals surface area contributed by atoms with Crippen molar-refractivity contribution in [2.24, 2.45) is 0 Å². The van der Waals surface area contributed by atoms with E-state index >= 15 is 0 Å². The van der Waals surface area contributed by atoms with Gasteiger partial charge >= 0.3 is 0 Å². The minimum atomic E-state index is -3.93. The van der Waals surface area contributed by atoms with Crippen molar-refractivity contribution in [1.29, 1.82) is 0 Å². The maximum absolute atomic E-state index is 12.4. The normalized spacial score (nSPS) is 14.5. The summed E-state index contributed by atoms with van der Waals surface area (Å²) in [7, 11) is -3.93. The van der Waals surface area contributed by atoms with E-state index in [1.807, 2.05) is 12.1 Å². The van der Waals surface area contributed by atoms with Gasteiger partial charge in [0.1, 0.15) is 0 Å². The van der Waals surface area contributed by atoms with Gasteiger partial charge in [-0.1, -0.05) is 24.3 Å². The fourth-order valence-electron chi connectivity index (χ4n) is 3.09. The first-order valence-electron chi connectivity index (χ1n) is 8.54. The number of nitro groups is 1. The number of hydrogen-bond acceptors (Lipinski definition) is 5. The number of benzene rings is 2. The van der Waals surface area contributed by atoms with E-state index in [2.05, 4.69) is 21.8 Å². The van der Waals surface area contributed by atoms with Gasteiger partial charge in [0.15, 0.2) is 4.90 Å². The molecule has 0 atom stereocenters. The van der Waals surface area contributed by atoms with E-state index in [9.17, 15) is 18.5 Å². The molecular formula is C18H21N3O4S. The molecule has 0 bridgehead atoms. The first kappa shape index (κ1) is 18.3. The van der Waals surface area contributed by atoms with Crippen molar-refractivity contribution in [3.05, 3.63) is 64.2 Å². The zero-order valence-corrected chi connectivity index (χ0v) is 15.1. The average Bonchev–Trinajstić information content (AvgIpc) is 3.17. The summed E-state index contributed by atoms with van der Waals surface area (Å²) < 4.78 is 27.2. The summed E-state index contributed by atoms with van der Waals surface area (Å²) in [4.78, 5) is 12.3. The molecule has 0 saturated carbocycles. The molecule has 26 heavy (non-hydrogen) atoms. The summed E-state index contributed by atoms with van der Waals surface area (Å²) >= 11 is 0. The number of hydrogen-bond donors (Lipinski definition) is 1. The third-order valence-corrected chi connectivity index (χ3v) is 5.97. The Balaban J connectivity index is 1.61. The SMILES string of the molecule is O=[N+]([O-])c1ccccc1S(=O)(=O)NCCc1ccc(N2CCCC2)cc1. The standard InChI is InChI=1S/C18H21N3O4S/c22-21(23)17-5-1-2-6-18(17)26(24,25)19-12-11-15-7-9-16(10-8-15)20-13-3-4-14-20/h1-2,5-10,19H,3-4,11-14H2. The molecule has 1 N–H and O–H groups in total. The first-order chi connectivity index (χ1) is 12.5. The van der Waals surface area contributed by atoms with Crippen LogP contribution in [0.1, 0.15) is 18.4 Å². The minimum absolute atomic E-state index is 0.178. The molecule has 1 fully saturated rings. The molecule has 8 heteroatoms. The highest BCUT2D eigenvalue weighted by Gasteiger charge is 2.24. The van der Waals surface area contributed by atoms with E-state index < -0.39 is 20.6 Å². The summed E-state index contributed by atoms with van der Waals surface area (Å²) in [6.45, 7) is 2.33. The van der Waals surface area contributed by atoms with Crippen LogP contribution in [0.4, 0.5) is 11.4 Å². The number of nitrogens with zero attached hydrogens (tertiary/aromatic N) is 2. The molecule has 0 aromatic heterocycles. The summed E-state index contributed by atoms with van der Waals surface area (Å²) in [5.41, 5.74) is 1.78. The third-order valence-electron chi connectivity index (χ3n) is 4.46. The lowest BCUT2D eigenvalue weighted by Crippen LogP contribution is -2.26. The molecule has 1 aliphatic rings. The van der Waals surface area contributed by atoms with E-state index in [1.54, 1.807) is 0 Å². The van der Waals surface area contributed by atoms with Crippen LogP contribution in [0.5, 0.6) is 0 Å². The summed E-state index contributed by atoms with van der Waals surface area (Å²) in [5, 5.41) is 11.0. The Bertz CT molecular complexity index is 876. The maximum atomic E-state index is 12.4. The topological polar surface area (TPSA) is 92.5 Å². The van der Waals surface area contributed by atoms with E-state index in [0.717, 1.165) is 18.7 Å². The number of nitro benzene ring substituents is 1. The van der Waals surface area contributed by atoms with Gasteiger partial charge < -0.3 is 4.90 Å². The third kappa shape index (κ3) is 4.20. The molecule has 138 valence electrons. The van der Waals surface area contributed by atoms with Crippen molar-refractivity contribution < 1.29 is 13.3 Å². The van der Waals surface area contributed by atoms with Gasteiger partial charge in [-0.25, -0.2) is 13.1 Å². The number of sulfonamides is 1. The van der Waals surface area contributed by atoms with E-state index in [-0.39, 0.29) is 11.4 Å². The predicted molar refractivity (Wildman–Crippen MR) is 99.9 cm³/mol. The molecule has 0 aliphatic carbocycles. The van der Waals surface area contributed by atoms with Crippen molar-refractivity contribution in [3.8, 4) is 0 Å². The summed E-state index contributed by atoms with van der Waals surface area (Å²) in [5.74, 6) is 0. The fraction of sp³-hybridized carbons (Fsp3) is 0.333. The molecule has 3 rings (SSSR count). The molecule has 1 heterocycles. The van der Waals surface area contributed by atoms with Crippen LogP contribution in [0.25, 0.3) is 0 Å². The fourth-order valence-corrected chi connectivity index (χ4v) is 4.29. The minimum Gasteiger partial charge on any atom is -0.372 e. The Morgan fingerprint density at radius 2 is 1.69 bits per heavy atom. The first-order valence-corrected chi connectivity index (χ1v) is 10.0. The monoisotopic (exact) mass is 375 g/mol. The van der Waals surface area contributed by atoms with Crippen molar-refractivity contribution >= 4 is 21.4 Å². The number of rotatable bonds is 7. The van der Waals surface area contributed by atoms with E-state index in [1.165, 1.54) is 42.8 Å². The molecule has 1 aliphatic heterocycles. The molecule has 2 aromatic rings. The van der Waals surface area contributed by atoms with Crippen LogP contribution in [-0.4, -0.2) is 33.0 Å². The second-order valence-corrected chi connectivity index (χ2v) is 7.97. The lowest BCUT2D eigenvalue weighted by atomic mass is 10.1. The molecular weight excluding hydrogens is 354 g/mol. The van der Waals surface area contributed by atoms with Crippen LogP contribution in [0.15, 0.2) is 53.4 Å². The van der Waals surface area contributed by atoms with Gasteiger partial charge in [-0.15, -0.1) is 0 Å². The molecule has 0 radical (unpaired) electrons. The zero-order chi connectivity index (χ0) is 18.6. The number of para-hydroxylation sites is 1. The lowest BCUT2D eigenvalue weighted by molar-refractivity contribution is -0.387. The Morgan fingerprint density at radius 1 is 1.04 bits per heavy atom. The quantitative estimate of drug-likeness (QED) is 0.593. The smallest absolute Gasteiger partial charge is 0.289 e. The van der Waals surface area contributed by atoms with Crippen LogP contribution in [0, 0.1) is 10.1 Å². The molecule has 2 aromatic carbocycles. The van der Waals surface area contributed by atoms with Gasteiger partial charge in [0, 0.05) is 31.4 Å². The van der Waals surface area contributed by atoms with Crippen LogP contribution in [0.3, 0.4) is 0 Å². The van der Waals surface area contributed by atoms with Crippen LogP contribution >= 0.6 is 0 Å². The van der Waals surface area contributed by atoms with Gasteiger partial charge in [-0.2, -0.15) is 0 Å². The van der Waals surface area contributed by atoms with Gasteiger partial charge in [0.05, 0.1) is 4.92 Å². The van der Waals surface area contributed by atoms with Gasteiger partial charge in [-0.3, -0.25) is 10.1 Å². The second-order valence-electron chi connectivity index (χ2n) is 6.23. The summed E-state index contributed by atoms with van der Waals surface area (Å²) in [6.07, 6.45) is 2.95. The van der Waals surface area contributed by atoms with Crippen molar-refractivity contribution in [2.75, 3.05) is 24.5 Å². The summed E-state index contributed by atoms with van der Waals surface area (Å²) in [6, 6.07) is 13.4. The van der Waals surface area contributed by atoms with Crippen molar-refractivity contribution in [3.63, 3.8) is 0 Å². The highest BCUT2D eigenvalue weighted by atomic mass is 32.2. The van der Waals surface area contributed by atoms with Gasteiger partial charge in [-0.05, 0) is 43.0 Å². The van der Waals surface area contributed by atoms with Gasteiger partial charge in [0.2, 0.25) is 10.0 Å². The van der Waals surface area contributed by atoms with Crippen molar-refractivity contribution in [1.82, 2.24) is 4.72 Å². The number of nitrogens with one attached hydrogen (secondary N) is 1. The molecule has 7 nitrogen and oxygen atoms in total. The molecule has 1 saturated heterocycles. The molecule has 0 unspecified atom stereocenters. The zero-order valence-electron chi connectivity index (χ0n) is 14.3. The van der Waals surface area contributed by atoms with Gasteiger partial charge in [0.25, 0.3) is 5.69 Å². The largest absolute Gasteiger partial charge is 0.372 e. The van der Waals surface area contributed by atoms with Crippen LogP contribution < -0.4 is 9.62 Å². The van der Waals surface area contributed by atoms with E-state index in [0.29, 0.717) is 6.42 Å². The Hall–Kier alpha value is -2.45. The number of anilines is 1.